The van der Waals surface area contributed by atoms with Crippen LogP contribution in [0.25, 0.3) is 0 Å². The molecule has 3 nitrogen and oxygen atoms in total. The molecule has 0 radical (unpaired) electrons. The zero-order valence-electron chi connectivity index (χ0n) is 13.8. The average Bonchev–Trinajstić information content (AvgIpc) is 2.90. The lowest BCUT2D eigenvalue weighted by Gasteiger charge is -2.05. The molecule has 1 heterocycles. The summed E-state index contributed by atoms with van der Waals surface area (Å²) in [6.45, 7) is 2.26. The van der Waals surface area contributed by atoms with Crippen molar-refractivity contribution in [2.45, 2.75) is 103 Å². The number of unbranched alkanes of at least 4 members (excludes halogenated alkanes) is 7. The van der Waals surface area contributed by atoms with Crippen molar-refractivity contribution in [3.8, 4) is 0 Å². The monoisotopic (exact) mass is 295 g/mol. The molecule has 1 N–H and O–H groups in total. The highest BCUT2D eigenvalue weighted by Gasteiger charge is 2.16. The third-order valence-corrected chi connectivity index (χ3v) is 4.38. The van der Waals surface area contributed by atoms with Crippen molar-refractivity contribution in [2.24, 2.45) is 4.99 Å². The molecule has 1 unspecified atom stereocenters. The Hall–Kier alpha value is -0.860. The lowest BCUT2D eigenvalue weighted by molar-refractivity contribution is -0.137. The minimum absolute atomic E-state index is 0.326. The van der Waals surface area contributed by atoms with Crippen LogP contribution in [-0.4, -0.2) is 22.8 Å². The van der Waals surface area contributed by atoms with Gasteiger partial charge in [0, 0.05) is 12.1 Å². The van der Waals surface area contributed by atoms with Crippen LogP contribution in [0.2, 0.25) is 0 Å². The molecule has 1 rings (SSSR count). The fraction of sp³-hybridized carbons (Fsp3) is 0.889. The highest BCUT2D eigenvalue weighted by Crippen LogP contribution is 2.22. The summed E-state index contributed by atoms with van der Waals surface area (Å²) in [5.41, 5.74) is 1.45. The van der Waals surface area contributed by atoms with E-state index in [-0.39, 0.29) is 0 Å². The van der Waals surface area contributed by atoms with E-state index in [0.717, 1.165) is 12.8 Å². The molecule has 3 heteroatoms. The standard InChI is InChI=1S/C18H33NO2/c1-2-3-4-8-11-16-14-15-17(19-16)12-9-6-5-7-10-13-18(20)21/h16H,2-15H2,1H3,(H,20,21). The second kappa shape index (κ2) is 11.8. The van der Waals surface area contributed by atoms with E-state index in [9.17, 15) is 4.79 Å². The first-order valence-electron chi connectivity index (χ1n) is 8.99. The van der Waals surface area contributed by atoms with Crippen LogP contribution >= 0.6 is 0 Å². The van der Waals surface area contributed by atoms with Gasteiger partial charge in [-0.1, -0.05) is 51.9 Å². The van der Waals surface area contributed by atoms with Crippen molar-refractivity contribution in [3.63, 3.8) is 0 Å². The van der Waals surface area contributed by atoms with Crippen LogP contribution in [0.5, 0.6) is 0 Å². The summed E-state index contributed by atoms with van der Waals surface area (Å²) in [6, 6.07) is 0.618. The van der Waals surface area contributed by atoms with Crippen molar-refractivity contribution in [3.05, 3.63) is 0 Å². The van der Waals surface area contributed by atoms with E-state index in [1.165, 1.54) is 76.3 Å². The zero-order chi connectivity index (χ0) is 15.3. The second-order valence-electron chi connectivity index (χ2n) is 6.40. The van der Waals surface area contributed by atoms with Crippen molar-refractivity contribution >= 4 is 11.7 Å². The smallest absolute Gasteiger partial charge is 0.303 e. The molecular formula is C18H33NO2. The van der Waals surface area contributed by atoms with Crippen LogP contribution in [0.4, 0.5) is 0 Å². The Bertz CT molecular complexity index is 312. The summed E-state index contributed by atoms with van der Waals surface area (Å²) >= 11 is 0. The maximum atomic E-state index is 10.4. The maximum absolute atomic E-state index is 10.4. The number of carbonyl (C=O) groups is 1. The number of nitrogens with zero attached hydrogens (tertiary/aromatic N) is 1. The number of carboxylic acids is 1. The van der Waals surface area contributed by atoms with Gasteiger partial charge in [0.1, 0.15) is 0 Å². The molecule has 0 bridgehead atoms. The van der Waals surface area contributed by atoms with Gasteiger partial charge in [0.2, 0.25) is 0 Å². The molecule has 0 aromatic rings. The van der Waals surface area contributed by atoms with Crippen LogP contribution in [0.3, 0.4) is 0 Å². The highest BCUT2D eigenvalue weighted by atomic mass is 16.4. The molecule has 122 valence electrons. The summed E-state index contributed by atoms with van der Waals surface area (Å²) in [5.74, 6) is -0.666. The maximum Gasteiger partial charge on any atom is 0.303 e. The average molecular weight is 295 g/mol. The molecule has 1 aliphatic heterocycles. The van der Waals surface area contributed by atoms with Crippen LogP contribution in [0.1, 0.15) is 96.8 Å². The number of aliphatic carboxylic acids is 1. The quantitative estimate of drug-likeness (QED) is 0.464. The molecule has 0 spiro atoms. The van der Waals surface area contributed by atoms with Gasteiger partial charge in [0.25, 0.3) is 0 Å². The van der Waals surface area contributed by atoms with Crippen molar-refractivity contribution in [1.29, 1.82) is 0 Å². The molecule has 1 aliphatic rings. The highest BCUT2D eigenvalue weighted by molar-refractivity contribution is 5.86. The van der Waals surface area contributed by atoms with Crippen LogP contribution in [0.15, 0.2) is 4.99 Å². The Morgan fingerprint density at radius 2 is 1.81 bits per heavy atom. The van der Waals surface area contributed by atoms with Gasteiger partial charge in [-0.2, -0.15) is 0 Å². The van der Waals surface area contributed by atoms with Gasteiger partial charge in [-0.3, -0.25) is 9.79 Å². The Kier molecular flexibility index (Phi) is 10.2. The predicted molar refractivity (Wildman–Crippen MR) is 89.2 cm³/mol. The predicted octanol–water partition coefficient (Wildman–Crippen LogP) is 5.38. The lowest BCUT2D eigenvalue weighted by atomic mass is 10.0. The first-order chi connectivity index (χ1) is 10.2. The first-order valence-corrected chi connectivity index (χ1v) is 8.99. The first kappa shape index (κ1) is 18.2. The van der Waals surface area contributed by atoms with Crippen LogP contribution in [0, 0.1) is 0 Å². The Morgan fingerprint density at radius 3 is 2.57 bits per heavy atom. The van der Waals surface area contributed by atoms with Gasteiger partial charge in [-0.25, -0.2) is 0 Å². The van der Waals surface area contributed by atoms with E-state index >= 15 is 0 Å². The van der Waals surface area contributed by atoms with Crippen LogP contribution in [-0.2, 0) is 4.79 Å². The van der Waals surface area contributed by atoms with E-state index in [2.05, 4.69) is 6.92 Å². The molecule has 0 fully saturated rings. The summed E-state index contributed by atoms with van der Waals surface area (Å²) in [6.07, 6.45) is 16.2. The number of aliphatic imine (C=N–C) groups is 1. The van der Waals surface area contributed by atoms with E-state index < -0.39 is 5.97 Å². The van der Waals surface area contributed by atoms with E-state index in [4.69, 9.17) is 10.1 Å². The second-order valence-corrected chi connectivity index (χ2v) is 6.40. The molecule has 0 aromatic heterocycles. The summed E-state index contributed by atoms with van der Waals surface area (Å²) in [7, 11) is 0. The van der Waals surface area contributed by atoms with E-state index in [1.807, 2.05) is 0 Å². The number of rotatable bonds is 13. The topological polar surface area (TPSA) is 49.7 Å². The normalized spacial score (nSPS) is 18.0. The molecule has 0 saturated heterocycles. The fourth-order valence-corrected chi connectivity index (χ4v) is 3.06. The largest absolute Gasteiger partial charge is 0.481 e. The van der Waals surface area contributed by atoms with Crippen LogP contribution < -0.4 is 0 Å². The number of hydrogen-bond donors (Lipinski definition) is 1. The molecule has 0 aromatic carbocycles. The third-order valence-electron chi connectivity index (χ3n) is 4.38. The number of hydrogen-bond acceptors (Lipinski definition) is 2. The van der Waals surface area contributed by atoms with E-state index in [0.29, 0.717) is 12.5 Å². The SMILES string of the molecule is CCCCCCC1CCC(CCCCCCCC(=O)O)=N1. The van der Waals surface area contributed by atoms with Gasteiger partial charge in [0.15, 0.2) is 0 Å². The molecule has 1 atom stereocenters. The van der Waals surface area contributed by atoms with Crippen molar-refractivity contribution in [1.82, 2.24) is 0 Å². The van der Waals surface area contributed by atoms with Crippen molar-refractivity contribution in [2.75, 3.05) is 0 Å². The lowest BCUT2D eigenvalue weighted by Crippen LogP contribution is -1.98. The van der Waals surface area contributed by atoms with E-state index in [1.54, 1.807) is 0 Å². The summed E-state index contributed by atoms with van der Waals surface area (Å²) in [4.78, 5) is 15.3. The van der Waals surface area contributed by atoms with Gasteiger partial charge >= 0.3 is 5.97 Å². The minimum atomic E-state index is -0.666. The third kappa shape index (κ3) is 9.65. The Labute approximate surface area is 130 Å². The van der Waals surface area contributed by atoms with Gasteiger partial charge < -0.3 is 5.11 Å². The van der Waals surface area contributed by atoms with Gasteiger partial charge in [0.05, 0.1) is 6.04 Å². The summed E-state index contributed by atoms with van der Waals surface area (Å²) in [5, 5.41) is 8.56. The molecule has 0 aliphatic carbocycles. The minimum Gasteiger partial charge on any atom is -0.481 e. The zero-order valence-corrected chi connectivity index (χ0v) is 13.8. The molecular weight excluding hydrogens is 262 g/mol. The van der Waals surface area contributed by atoms with Gasteiger partial charge in [-0.15, -0.1) is 0 Å². The Morgan fingerprint density at radius 1 is 1.10 bits per heavy atom. The molecule has 0 amide bonds. The molecule has 21 heavy (non-hydrogen) atoms. The van der Waals surface area contributed by atoms with Crippen molar-refractivity contribution < 1.29 is 9.90 Å². The van der Waals surface area contributed by atoms with Gasteiger partial charge in [-0.05, 0) is 38.5 Å². The molecule has 0 saturated carbocycles. The summed E-state index contributed by atoms with van der Waals surface area (Å²) < 4.78 is 0. The number of carboxylic acid groups (broad SMARTS) is 1. The fourth-order valence-electron chi connectivity index (χ4n) is 3.06. The Balaban J connectivity index is 1.96.